The van der Waals surface area contributed by atoms with Crippen LogP contribution in [0.15, 0.2) is 10.5 Å². The molecule has 3 nitrogen and oxygen atoms in total. The Morgan fingerprint density at radius 3 is 3.00 bits per heavy atom. The summed E-state index contributed by atoms with van der Waals surface area (Å²) in [6.45, 7) is 5.81. The molecule has 0 amide bonds. The summed E-state index contributed by atoms with van der Waals surface area (Å²) in [4.78, 5) is 0. The van der Waals surface area contributed by atoms with Crippen molar-refractivity contribution in [2.45, 2.75) is 58.8 Å². The van der Waals surface area contributed by atoms with Gasteiger partial charge in [0.2, 0.25) is 0 Å². The molecule has 0 saturated heterocycles. The van der Waals surface area contributed by atoms with Crippen molar-refractivity contribution in [2.75, 3.05) is 7.05 Å². The normalized spacial score (nSPS) is 24.4. The molecule has 1 aromatic rings. The fourth-order valence-corrected chi connectivity index (χ4v) is 2.73. The van der Waals surface area contributed by atoms with Crippen molar-refractivity contribution in [3.8, 4) is 0 Å². The molecule has 1 heterocycles. The molecule has 0 spiro atoms. The van der Waals surface area contributed by atoms with E-state index in [1.54, 1.807) is 0 Å². The van der Waals surface area contributed by atoms with Crippen molar-refractivity contribution in [1.29, 1.82) is 0 Å². The number of hydrogen-bond acceptors (Lipinski definition) is 3. The SMILES string of the molecule is CNCc1cc(COC2CCCC(C)C2)c(C)o1. The number of ether oxygens (including phenoxy) is 1. The zero-order valence-corrected chi connectivity index (χ0v) is 11.8. The Morgan fingerprint density at radius 1 is 1.44 bits per heavy atom. The van der Waals surface area contributed by atoms with E-state index in [4.69, 9.17) is 9.15 Å². The van der Waals surface area contributed by atoms with Gasteiger partial charge in [0.1, 0.15) is 11.5 Å². The summed E-state index contributed by atoms with van der Waals surface area (Å²) in [6.07, 6.45) is 5.53. The van der Waals surface area contributed by atoms with Crippen molar-refractivity contribution >= 4 is 0 Å². The zero-order chi connectivity index (χ0) is 13.0. The van der Waals surface area contributed by atoms with Crippen molar-refractivity contribution in [3.05, 3.63) is 23.2 Å². The van der Waals surface area contributed by atoms with Crippen molar-refractivity contribution in [3.63, 3.8) is 0 Å². The smallest absolute Gasteiger partial charge is 0.118 e. The van der Waals surface area contributed by atoms with Gasteiger partial charge in [0.25, 0.3) is 0 Å². The Balaban J connectivity index is 1.85. The van der Waals surface area contributed by atoms with Crippen LogP contribution in [0, 0.1) is 12.8 Å². The Kier molecular flexibility index (Phi) is 4.84. The third-order valence-corrected chi connectivity index (χ3v) is 3.79. The molecular weight excluding hydrogens is 226 g/mol. The van der Waals surface area contributed by atoms with Gasteiger partial charge in [0.15, 0.2) is 0 Å². The van der Waals surface area contributed by atoms with E-state index in [1.807, 2.05) is 14.0 Å². The molecule has 0 radical (unpaired) electrons. The van der Waals surface area contributed by atoms with Crippen molar-refractivity contribution in [2.24, 2.45) is 5.92 Å². The van der Waals surface area contributed by atoms with Crippen LogP contribution in [0.1, 0.15) is 49.7 Å². The maximum atomic E-state index is 6.03. The number of nitrogens with one attached hydrogen (secondary N) is 1. The van der Waals surface area contributed by atoms with Gasteiger partial charge in [-0.2, -0.15) is 0 Å². The Bertz CT molecular complexity index is 373. The van der Waals surface area contributed by atoms with Crippen LogP contribution in [0.25, 0.3) is 0 Å². The molecule has 18 heavy (non-hydrogen) atoms. The lowest BCUT2D eigenvalue weighted by Gasteiger charge is -2.26. The van der Waals surface area contributed by atoms with E-state index in [0.29, 0.717) is 12.7 Å². The second-order valence-electron chi connectivity index (χ2n) is 5.53. The molecule has 1 aliphatic rings. The highest BCUT2D eigenvalue weighted by Crippen LogP contribution is 2.27. The van der Waals surface area contributed by atoms with Crippen LogP contribution in [-0.4, -0.2) is 13.2 Å². The molecular formula is C15H25NO2. The summed E-state index contributed by atoms with van der Waals surface area (Å²) < 4.78 is 11.7. The zero-order valence-electron chi connectivity index (χ0n) is 11.8. The topological polar surface area (TPSA) is 34.4 Å². The number of hydrogen-bond donors (Lipinski definition) is 1. The summed E-state index contributed by atoms with van der Waals surface area (Å²) >= 11 is 0. The monoisotopic (exact) mass is 251 g/mol. The first kappa shape index (κ1) is 13.6. The van der Waals surface area contributed by atoms with E-state index in [9.17, 15) is 0 Å². The molecule has 2 rings (SSSR count). The van der Waals surface area contributed by atoms with Gasteiger partial charge < -0.3 is 14.5 Å². The van der Waals surface area contributed by atoms with Crippen LogP contribution in [0.5, 0.6) is 0 Å². The minimum atomic E-state index is 0.441. The summed E-state index contributed by atoms with van der Waals surface area (Å²) in [6, 6.07) is 2.11. The summed E-state index contributed by atoms with van der Waals surface area (Å²) in [5, 5.41) is 3.10. The van der Waals surface area contributed by atoms with Crippen molar-refractivity contribution in [1.82, 2.24) is 5.32 Å². The first-order valence-electron chi connectivity index (χ1n) is 7.03. The van der Waals surface area contributed by atoms with E-state index >= 15 is 0 Å². The van der Waals surface area contributed by atoms with Gasteiger partial charge >= 0.3 is 0 Å². The second kappa shape index (κ2) is 6.39. The predicted molar refractivity (Wildman–Crippen MR) is 72.4 cm³/mol. The minimum Gasteiger partial charge on any atom is -0.465 e. The van der Waals surface area contributed by atoms with Gasteiger partial charge in [-0.15, -0.1) is 0 Å². The first-order valence-corrected chi connectivity index (χ1v) is 7.03. The maximum absolute atomic E-state index is 6.03. The van der Waals surface area contributed by atoms with Crippen molar-refractivity contribution < 1.29 is 9.15 Å². The lowest BCUT2D eigenvalue weighted by molar-refractivity contribution is 0.00423. The molecule has 1 aliphatic carbocycles. The molecule has 1 fully saturated rings. The van der Waals surface area contributed by atoms with Crippen LogP contribution in [0.2, 0.25) is 0 Å². The van der Waals surface area contributed by atoms with E-state index in [1.165, 1.54) is 31.2 Å². The number of rotatable bonds is 5. The second-order valence-corrected chi connectivity index (χ2v) is 5.53. The van der Waals surface area contributed by atoms with Gasteiger partial charge in [-0.05, 0) is 38.8 Å². The largest absolute Gasteiger partial charge is 0.465 e. The van der Waals surface area contributed by atoms with Gasteiger partial charge in [0.05, 0.1) is 19.3 Å². The maximum Gasteiger partial charge on any atom is 0.118 e. The first-order chi connectivity index (χ1) is 8.69. The average molecular weight is 251 g/mol. The van der Waals surface area contributed by atoms with E-state index in [2.05, 4.69) is 18.3 Å². The van der Waals surface area contributed by atoms with Crippen LogP contribution in [-0.2, 0) is 17.9 Å². The number of furan rings is 1. The van der Waals surface area contributed by atoms with E-state index in [0.717, 1.165) is 24.0 Å². The summed E-state index contributed by atoms with van der Waals surface area (Å²) in [5.74, 6) is 2.80. The van der Waals surface area contributed by atoms with Gasteiger partial charge in [-0.1, -0.05) is 19.8 Å². The molecule has 1 aromatic heterocycles. The highest BCUT2D eigenvalue weighted by atomic mass is 16.5. The minimum absolute atomic E-state index is 0.441. The highest BCUT2D eigenvalue weighted by molar-refractivity contribution is 5.19. The standard InChI is InChI=1S/C15H25NO2/c1-11-5-4-6-14(7-11)17-10-13-8-15(9-16-3)18-12(13)2/h8,11,14,16H,4-7,9-10H2,1-3H3. The Labute approximate surface area is 110 Å². The molecule has 102 valence electrons. The molecule has 0 aliphatic heterocycles. The Morgan fingerprint density at radius 2 is 2.28 bits per heavy atom. The van der Waals surface area contributed by atoms with Crippen LogP contribution in [0.3, 0.4) is 0 Å². The average Bonchev–Trinajstić information content (AvgIpc) is 2.68. The summed E-state index contributed by atoms with van der Waals surface area (Å²) in [7, 11) is 1.93. The fourth-order valence-electron chi connectivity index (χ4n) is 2.73. The third kappa shape index (κ3) is 3.59. The summed E-state index contributed by atoms with van der Waals surface area (Å²) in [5.41, 5.74) is 1.19. The van der Waals surface area contributed by atoms with Gasteiger partial charge in [0, 0.05) is 5.56 Å². The quantitative estimate of drug-likeness (QED) is 0.871. The van der Waals surface area contributed by atoms with Crippen LogP contribution in [0.4, 0.5) is 0 Å². The van der Waals surface area contributed by atoms with E-state index in [-0.39, 0.29) is 0 Å². The molecule has 0 aromatic carbocycles. The highest BCUT2D eigenvalue weighted by Gasteiger charge is 2.19. The molecule has 1 N–H and O–H groups in total. The molecule has 1 saturated carbocycles. The molecule has 2 unspecified atom stereocenters. The third-order valence-electron chi connectivity index (χ3n) is 3.79. The lowest BCUT2D eigenvalue weighted by Crippen LogP contribution is -2.21. The lowest BCUT2D eigenvalue weighted by atomic mass is 9.89. The fraction of sp³-hybridized carbons (Fsp3) is 0.733. The van der Waals surface area contributed by atoms with Crippen LogP contribution >= 0.6 is 0 Å². The van der Waals surface area contributed by atoms with Gasteiger partial charge in [-0.3, -0.25) is 0 Å². The van der Waals surface area contributed by atoms with Gasteiger partial charge in [-0.25, -0.2) is 0 Å². The predicted octanol–water partition coefficient (Wildman–Crippen LogP) is 3.40. The van der Waals surface area contributed by atoms with Crippen LogP contribution < -0.4 is 5.32 Å². The molecule has 3 heteroatoms. The molecule has 0 bridgehead atoms. The number of aryl methyl sites for hydroxylation is 1. The molecule has 2 atom stereocenters. The Hall–Kier alpha value is -0.800. The van der Waals surface area contributed by atoms with E-state index < -0.39 is 0 Å².